The summed E-state index contributed by atoms with van der Waals surface area (Å²) in [6.07, 6.45) is 21.6. The van der Waals surface area contributed by atoms with Gasteiger partial charge in [-0.15, -0.1) is 0 Å². The van der Waals surface area contributed by atoms with E-state index in [1.165, 1.54) is 89.9 Å². The standard InChI is InChI=1S/C29H50N2O4/c1-2-3-4-5-6-7-8-9-10-11-12-13-14-15-16-17-22-30-27(29(35)31-24-28(33)34)23-25-18-20-26(32)21-19-25/h18-21,27,30,32H,2-17,22-24H2,1H3,(H,31,35)(H,33,34)/t27-/m0/s1. The highest BCUT2D eigenvalue weighted by molar-refractivity contribution is 5.85. The average Bonchev–Trinajstić information content (AvgIpc) is 2.84. The normalized spacial score (nSPS) is 11.9. The Balaban J connectivity index is 2.07. The van der Waals surface area contributed by atoms with Crippen molar-refractivity contribution in [2.75, 3.05) is 13.1 Å². The van der Waals surface area contributed by atoms with E-state index < -0.39 is 12.0 Å². The SMILES string of the molecule is CCCCCCCCCCCCCCCCCCN[C@@H](Cc1ccc(O)cc1)C(=O)NCC(=O)O. The summed E-state index contributed by atoms with van der Waals surface area (Å²) < 4.78 is 0. The molecule has 0 spiro atoms. The molecule has 200 valence electrons. The molecular formula is C29H50N2O4. The van der Waals surface area contributed by atoms with Crippen LogP contribution in [0.5, 0.6) is 5.75 Å². The Morgan fingerprint density at radius 2 is 1.20 bits per heavy atom. The number of benzene rings is 1. The lowest BCUT2D eigenvalue weighted by atomic mass is 10.0. The van der Waals surface area contributed by atoms with Crippen LogP contribution in [0.15, 0.2) is 24.3 Å². The summed E-state index contributed by atoms with van der Waals surface area (Å²) in [7, 11) is 0. The number of hydrogen-bond acceptors (Lipinski definition) is 4. The van der Waals surface area contributed by atoms with Gasteiger partial charge in [-0.3, -0.25) is 9.59 Å². The van der Waals surface area contributed by atoms with E-state index in [0.29, 0.717) is 6.42 Å². The third kappa shape index (κ3) is 17.9. The van der Waals surface area contributed by atoms with Gasteiger partial charge < -0.3 is 20.8 Å². The molecule has 0 saturated carbocycles. The lowest BCUT2D eigenvalue weighted by molar-refractivity contribution is -0.138. The molecule has 0 aliphatic heterocycles. The van der Waals surface area contributed by atoms with Crippen LogP contribution < -0.4 is 10.6 Å². The van der Waals surface area contributed by atoms with Crippen molar-refractivity contribution in [1.82, 2.24) is 10.6 Å². The third-order valence-corrected chi connectivity index (χ3v) is 6.53. The van der Waals surface area contributed by atoms with Gasteiger partial charge in [-0.05, 0) is 37.1 Å². The number of aromatic hydroxyl groups is 1. The fraction of sp³-hybridized carbons (Fsp3) is 0.724. The van der Waals surface area contributed by atoms with E-state index in [9.17, 15) is 14.7 Å². The number of carboxylic acids is 1. The van der Waals surface area contributed by atoms with E-state index in [1.807, 2.05) is 0 Å². The molecule has 0 fully saturated rings. The van der Waals surface area contributed by atoms with Gasteiger partial charge in [-0.1, -0.05) is 115 Å². The minimum atomic E-state index is -1.06. The minimum Gasteiger partial charge on any atom is -0.508 e. The molecule has 6 nitrogen and oxygen atoms in total. The average molecular weight is 491 g/mol. The smallest absolute Gasteiger partial charge is 0.322 e. The molecule has 0 heterocycles. The molecule has 1 aromatic rings. The largest absolute Gasteiger partial charge is 0.508 e. The topological polar surface area (TPSA) is 98.7 Å². The Bertz CT molecular complexity index is 663. The van der Waals surface area contributed by atoms with Crippen molar-refractivity contribution in [3.63, 3.8) is 0 Å². The molecule has 6 heteroatoms. The summed E-state index contributed by atoms with van der Waals surface area (Å²) in [6, 6.07) is 6.26. The maximum atomic E-state index is 12.4. The van der Waals surface area contributed by atoms with Gasteiger partial charge in [-0.25, -0.2) is 0 Å². The molecule has 0 bridgehead atoms. The Morgan fingerprint density at radius 1 is 0.743 bits per heavy atom. The van der Waals surface area contributed by atoms with Crippen LogP contribution in [0, 0.1) is 0 Å². The Morgan fingerprint density at radius 3 is 1.66 bits per heavy atom. The zero-order chi connectivity index (χ0) is 25.6. The Labute approximate surface area is 213 Å². The van der Waals surface area contributed by atoms with E-state index in [1.54, 1.807) is 24.3 Å². The number of rotatable bonds is 23. The third-order valence-electron chi connectivity index (χ3n) is 6.53. The van der Waals surface area contributed by atoms with Crippen LogP contribution in [0.1, 0.15) is 115 Å². The second-order valence-corrected chi connectivity index (χ2v) is 9.79. The van der Waals surface area contributed by atoms with Gasteiger partial charge in [-0.2, -0.15) is 0 Å². The first-order valence-corrected chi connectivity index (χ1v) is 14.0. The zero-order valence-corrected chi connectivity index (χ0v) is 22.0. The van der Waals surface area contributed by atoms with Gasteiger partial charge in [0.15, 0.2) is 0 Å². The Hall–Kier alpha value is -2.08. The van der Waals surface area contributed by atoms with Crippen LogP contribution in [0.2, 0.25) is 0 Å². The molecule has 1 aromatic carbocycles. The van der Waals surface area contributed by atoms with Crippen LogP contribution in [0.25, 0.3) is 0 Å². The van der Waals surface area contributed by atoms with Crippen molar-refractivity contribution in [2.24, 2.45) is 0 Å². The van der Waals surface area contributed by atoms with Crippen LogP contribution in [0.3, 0.4) is 0 Å². The second kappa shape index (κ2) is 21.2. The highest BCUT2D eigenvalue weighted by Gasteiger charge is 2.18. The van der Waals surface area contributed by atoms with Crippen molar-refractivity contribution in [3.8, 4) is 5.75 Å². The maximum absolute atomic E-state index is 12.4. The van der Waals surface area contributed by atoms with Crippen molar-refractivity contribution >= 4 is 11.9 Å². The number of carbonyl (C=O) groups is 2. The highest BCUT2D eigenvalue weighted by Crippen LogP contribution is 2.14. The summed E-state index contributed by atoms with van der Waals surface area (Å²) in [5.41, 5.74) is 0.915. The van der Waals surface area contributed by atoms with Crippen LogP contribution in [-0.4, -0.2) is 41.2 Å². The monoisotopic (exact) mass is 490 g/mol. The number of hydrogen-bond donors (Lipinski definition) is 4. The fourth-order valence-electron chi connectivity index (χ4n) is 4.36. The van der Waals surface area contributed by atoms with Gasteiger partial charge in [0.05, 0.1) is 6.04 Å². The van der Waals surface area contributed by atoms with Gasteiger partial charge in [0, 0.05) is 0 Å². The molecule has 1 amide bonds. The molecule has 0 aromatic heterocycles. The number of carbonyl (C=O) groups excluding carboxylic acids is 1. The number of phenolic OH excluding ortho intramolecular Hbond substituents is 1. The summed E-state index contributed by atoms with van der Waals surface area (Å²) in [5, 5.41) is 24.0. The van der Waals surface area contributed by atoms with Crippen molar-refractivity contribution in [1.29, 1.82) is 0 Å². The van der Waals surface area contributed by atoms with Crippen molar-refractivity contribution < 1.29 is 19.8 Å². The predicted octanol–water partition coefficient (Wildman–Crippen LogP) is 6.36. The number of unbranched alkanes of at least 4 members (excludes halogenated alkanes) is 15. The van der Waals surface area contributed by atoms with Gasteiger partial charge >= 0.3 is 5.97 Å². The maximum Gasteiger partial charge on any atom is 0.322 e. The molecule has 35 heavy (non-hydrogen) atoms. The lowest BCUT2D eigenvalue weighted by Crippen LogP contribution is -2.47. The van der Waals surface area contributed by atoms with E-state index >= 15 is 0 Å². The van der Waals surface area contributed by atoms with Gasteiger partial charge in [0.2, 0.25) is 5.91 Å². The Kier molecular flexibility index (Phi) is 18.8. The van der Waals surface area contributed by atoms with Crippen molar-refractivity contribution in [3.05, 3.63) is 29.8 Å². The quantitative estimate of drug-likeness (QED) is 0.134. The van der Waals surface area contributed by atoms with E-state index in [2.05, 4.69) is 17.6 Å². The van der Waals surface area contributed by atoms with Crippen LogP contribution >= 0.6 is 0 Å². The molecule has 0 radical (unpaired) electrons. The molecule has 0 unspecified atom stereocenters. The second-order valence-electron chi connectivity index (χ2n) is 9.79. The number of aliphatic carboxylic acids is 1. The molecule has 0 saturated heterocycles. The summed E-state index contributed by atoms with van der Waals surface area (Å²) in [4.78, 5) is 23.2. The molecule has 0 aliphatic carbocycles. The summed E-state index contributed by atoms with van der Waals surface area (Å²) >= 11 is 0. The predicted molar refractivity (Wildman–Crippen MR) is 144 cm³/mol. The molecule has 1 rings (SSSR count). The lowest BCUT2D eigenvalue weighted by Gasteiger charge is -2.18. The van der Waals surface area contributed by atoms with E-state index in [4.69, 9.17) is 5.11 Å². The highest BCUT2D eigenvalue weighted by atomic mass is 16.4. The van der Waals surface area contributed by atoms with Crippen LogP contribution in [-0.2, 0) is 16.0 Å². The number of carboxylic acid groups (broad SMARTS) is 1. The van der Waals surface area contributed by atoms with Gasteiger partial charge in [0.25, 0.3) is 0 Å². The zero-order valence-electron chi connectivity index (χ0n) is 22.0. The van der Waals surface area contributed by atoms with E-state index in [0.717, 1.165) is 24.9 Å². The number of nitrogens with one attached hydrogen (secondary N) is 2. The van der Waals surface area contributed by atoms with E-state index in [-0.39, 0.29) is 18.2 Å². The first kappa shape index (κ1) is 31.0. The fourth-order valence-corrected chi connectivity index (χ4v) is 4.36. The minimum absolute atomic E-state index is 0.182. The molecule has 0 aliphatic rings. The van der Waals surface area contributed by atoms with Crippen LogP contribution in [0.4, 0.5) is 0 Å². The summed E-state index contributed by atoms with van der Waals surface area (Å²) in [6.45, 7) is 2.61. The molecule has 1 atom stereocenters. The number of phenols is 1. The molecular weight excluding hydrogens is 440 g/mol. The summed E-state index contributed by atoms with van der Waals surface area (Å²) in [5.74, 6) is -1.18. The molecule has 4 N–H and O–H groups in total. The first-order chi connectivity index (χ1) is 17.0. The van der Waals surface area contributed by atoms with Gasteiger partial charge in [0.1, 0.15) is 12.3 Å². The first-order valence-electron chi connectivity index (χ1n) is 14.0. The van der Waals surface area contributed by atoms with Crippen molar-refractivity contribution in [2.45, 2.75) is 122 Å². The number of amides is 1.